The molecule has 0 aliphatic carbocycles. The number of carbonyl (C=O) groups is 1. The highest BCUT2D eigenvalue weighted by molar-refractivity contribution is 7.91. The average molecular weight is 316 g/mol. The summed E-state index contributed by atoms with van der Waals surface area (Å²) in [5.74, 6) is -2.04. The third kappa shape index (κ3) is 3.78. The fraction of sp³-hybridized carbons (Fsp3) is 0.182. The monoisotopic (exact) mass is 315 g/mol. The molecule has 9 heteroatoms. The van der Waals surface area contributed by atoms with Crippen LogP contribution in [0.2, 0.25) is 5.02 Å². The Hall–Kier alpha value is -1.93. The van der Waals surface area contributed by atoms with Gasteiger partial charge in [-0.25, -0.2) is 8.42 Å². The minimum Gasteiger partial charge on any atom is -0.369 e. The van der Waals surface area contributed by atoms with E-state index in [-0.39, 0.29) is 11.7 Å². The molecular formula is C11H10ClN3O4S. The minimum atomic E-state index is -3.69. The first kappa shape index (κ1) is 14.5. The summed E-state index contributed by atoms with van der Waals surface area (Å²) in [6.45, 7) is 0. The van der Waals surface area contributed by atoms with Crippen LogP contribution in [0.15, 0.2) is 28.8 Å². The van der Waals surface area contributed by atoms with E-state index in [2.05, 4.69) is 10.1 Å². The van der Waals surface area contributed by atoms with Gasteiger partial charge in [-0.1, -0.05) is 16.8 Å². The van der Waals surface area contributed by atoms with Crippen LogP contribution in [0.25, 0.3) is 11.5 Å². The summed E-state index contributed by atoms with van der Waals surface area (Å²) in [7, 11) is -3.69. The van der Waals surface area contributed by atoms with E-state index >= 15 is 0 Å². The molecule has 0 atom stereocenters. The molecule has 1 amide bonds. The molecular weight excluding hydrogens is 306 g/mol. The van der Waals surface area contributed by atoms with Gasteiger partial charge in [-0.05, 0) is 24.3 Å². The highest BCUT2D eigenvalue weighted by Crippen LogP contribution is 2.20. The first-order valence-corrected chi connectivity index (χ1v) is 7.63. The fourth-order valence-electron chi connectivity index (χ4n) is 1.49. The Morgan fingerprint density at radius 3 is 2.55 bits per heavy atom. The van der Waals surface area contributed by atoms with Gasteiger partial charge in [0.25, 0.3) is 5.89 Å². The van der Waals surface area contributed by atoms with Crippen LogP contribution in [0.4, 0.5) is 0 Å². The van der Waals surface area contributed by atoms with Gasteiger partial charge in [-0.15, -0.1) is 0 Å². The van der Waals surface area contributed by atoms with E-state index in [1.54, 1.807) is 24.3 Å². The lowest BCUT2D eigenvalue weighted by Crippen LogP contribution is -2.24. The summed E-state index contributed by atoms with van der Waals surface area (Å²) in [5.41, 5.74) is 5.46. The molecule has 1 heterocycles. The van der Waals surface area contributed by atoms with Crippen LogP contribution in [0.1, 0.15) is 5.82 Å². The Morgan fingerprint density at radius 2 is 1.95 bits per heavy atom. The molecule has 0 saturated heterocycles. The number of carbonyl (C=O) groups excluding carboxylic acids is 1. The maximum atomic E-state index is 11.6. The van der Waals surface area contributed by atoms with Crippen LogP contribution in [0.3, 0.4) is 0 Å². The number of benzene rings is 1. The van der Waals surface area contributed by atoms with Gasteiger partial charge in [0.1, 0.15) is 11.5 Å². The quantitative estimate of drug-likeness (QED) is 0.872. The number of aromatic nitrogens is 2. The lowest BCUT2D eigenvalue weighted by atomic mass is 10.2. The van der Waals surface area contributed by atoms with Crippen molar-refractivity contribution in [1.29, 1.82) is 0 Å². The molecule has 0 fully saturated rings. The predicted octanol–water partition coefficient (Wildman–Crippen LogP) is 0.790. The molecule has 0 unspecified atom stereocenters. The van der Waals surface area contributed by atoms with Crippen molar-refractivity contribution in [3.8, 4) is 11.5 Å². The topological polar surface area (TPSA) is 116 Å². The zero-order chi connectivity index (χ0) is 14.8. The highest BCUT2D eigenvalue weighted by Gasteiger charge is 2.19. The lowest BCUT2D eigenvalue weighted by molar-refractivity contribution is -0.115. The molecule has 1 aromatic carbocycles. The van der Waals surface area contributed by atoms with Crippen LogP contribution in [0, 0.1) is 0 Å². The van der Waals surface area contributed by atoms with Crippen molar-refractivity contribution in [2.45, 2.75) is 5.75 Å². The molecule has 0 radical (unpaired) electrons. The van der Waals surface area contributed by atoms with Crippen LogP contribution in [-0.2, 0) is 20.4 Å². The first-order chi connectivity index (χ1) is 9.35. The molecule has 106 valence electrons. The van der Waals surface area contributed by atoms with Gasteiger partial charge < -0.3 is 10.3 Å². The second-order valence-corrected chi connectivity index (χ2v) is 6.52. The molecule has 2 N–H and O–H groups in total. The van der Waals surface area contributed by atoms with Crippen LogP contribution >= 0.6 is 11.6 Å². The predicted molar refractivity (Wildman–Crippen MR) is 71.4 cm³/mol. The minimum absolute atomic E-state index is 0.0313. The number of amides is 1. The Kier molecular flexibility index (Phi) is 4.05. The molecule has 2 rings (SSSR count). The van der Waals surface area contributed by atoms with Crippen LogP contribution in [0.5, 0.6) is 0 Å². The van der Waals surface area contributed by atoms with Gasteiger partial charge in [-0.2, -0.15) is 4.98 Å². The van der Waals surface area contributed by atoms with Gasteiger partial charge in [0.2, 0.25) is 5.91 Å². The summed E-state index contributed by atoms with van der Waals surface area (Å²) in [4.78, 5) is 14.6. The van der Waals surface area contributed by atoms with E-state index in [9.17, 15) is 13.2 Å². The third-order valence-electron chi connectivity index (χ3n) is 2.27. The zero-order valence-electron chi connectivity index (χ0n) is 10.1. The molecule has 0 aliphatic heterocycles. The number of halogens is 1. The van der Waals surface area contributed by atoms with Crippen molar-refractivity contribution in [2.24, 2.45) is 5.73 Å². The molecule has 1 aromatic heterocycles. The Balaban J connectivity index is 2.17. The van der Waals surface area contributed by atoms with E-state index in [0.29, 0.717) is 10.6 Å². The highest BCUT2D eigenvalue weighted by atomic mass is 35.5. The van der Waals surface area contributed by atoms with Crippen LogP contribution in [-0.4, -0.2) is 30.2 Å². The van der Waals surface area contributed by atoms with E-state index in [0.717, 1.165) is 0 Å². The maximum Gasteiger partial charge on any atom is 0.257 e. The van der Waals surface area contributed by atoms with Gasteiger partial charge in [0, 0.05) is 10.6 Å². The summed E-state index contributed by atoms with van der Waals surface area (Å²) in [6, 6.07) is 6.62. The average Bonchev–Trinajstić information content (AvgIpc) is 2.75. The summed E-state index contributed by atoms with van der Waals surface area (Å²) in [6.07, 6.45) is 0. The fourth-order valence-corrected chi connectivity index (χ4v) is 2.66. The Bertz CT molecular complexity index is 724. The smallest absolute Gasteiger partial charge is 0.257 e. The van der Waals surface area contributed by atoms with E-state index < -0.39 is 27.3 Å². The summed E-state index contributed by atoms with van der Waals surface area (Å²) >= 11 is 5.75. The van der Waals surface area contributed by atoms with E-state index in [1.807, 2.05) is 0 Å². The number of sulfone groups is 1. The molecule has 7 nitrogen and oxygen atoms in total. The van der Waals surface area contributed by atoms with Crippen LogP contribution < -0.4 is 5.73 Å². The standard InChI is InChI=1S/C11H10ClN3O4S/c12-8-3-1-7(2-4-8)11-14-10(15-19-11)6-20(17,18)5-9(13)16/h1-4H,5-6H2,(H2,13,16). The molecule has 20 heavy (non-hydrogen) atoms. The van der Waals surface area contributed by atoms with Gasteiger partial charge in [0.15, 0.2) is 15.7 Å². The van der Waals surface area contributed by atoms with Crippen molar-refractivity contribution in [1.82, 2.24) is 10.1 Å². The number of nitrogens with two attached hydrogens (primary N) is 1. The van der Waals surface area contributed by atoms with Crippen molar-refractivity contribution in [2.75, 3.05) is 5.75 Å². The second kappa shape index (κ2) is 5.59. The normalized spacial score (nSPS) is 11.4. The molecule has 0 bridgehead atoms. The zero-order valence-corrected chi connectivity index (χ0v) is 11.7. The van der Waals surface area contributed by atoms with Crippen molar-refractivity contribution in [3.05, 3.63) is 35.1 Å². The lowest BCUT2D eigenvalue weighted by Gasteiger charge is -1.96. The third-order valence-corrected chi connectivity index (χ3v) is 3.94. The number of hydrogen-bond donors (Lipinski definition) is 1. The molecule has 2 aromatic rings. The number of hydrogen-bond acceptors (Lipinski definition) is 6. The molecule has 0 aliphatic rings. The SMILES string of the molecule is NC(=O)CS(=O)(=O)Cc1noc(-c2ccc(Cl)cc2)n1. The molecule has 0 spiro atoms. The number of rotatable bonds is 5. The second-order valence-electron chi connectivity index (χ2n) is 4.02. The van der Waals surface area contributed by atoms with Crippen molar-refractivity contribution in [3.63, 3.8) is 0 Å². The van der Waals surface area contributed by atoms with Gasteiger partial charge >= 0.3 is 0 Å². The largest absolute Gasteiger partial charge is 0.369 e. The van der Waals surface area contributed by atoms with Crippen molar-refractivity contribution >= 4 is 27.3 Å². The Labute approximate surface area is 119 Å². The van der Waals surface area contributed by atoms with Gasteiger partial charge in [-0.3, -0.25) is 4.79 Å². The summed E-state index contributed by atoms with van der Waals surface area (Å²) < 4.78 is 28.1. The first-order valence-electron chi connectivity index (χ1n) is 5.43. The number of nitrogens with zero attached hydrogens (tertiary/aromatic N) is 2. The van der Waals surface area contributed by atoms with E-state index in [1.165, 1.54) is 0 Å². The maximum absolute atomic E-state index is 11.6. The van der Waals surface area contributed by atoms with Gasteiger partial charge in [0.05, 0.1) is 0 Å². The van der Waals surface area contributed by atoms with Crippen molar-refractivity contribution < 1.29 is 17.7 Å². The van der Waals surface area contributed by atoms with E-state index in [4.69, 9.17) is 21.9 Å². The molecule has 0 saturated carbocycles. The number of primary amides is 1. The summed E-state index contributed by atoms with van der Waals surface area (Å²) in [5, 5.41) is 4.11. The Morgan fingerprint density at radius 1 is 1.30 bits per heavy atom.